The number of hydrogen-bond acceptors (Lipinski definition) is 3. The molecule has 0 spiro atoms. The van der Waals surface area contributed by atoms with E-state index in [1.54, 1.807) is 30.6 Å². The number of fused-ring (bicyclic) bond motifs is 3. The summed E-state index contributed by atoms with van der Waals surface area (Å²) in [5.74, 6) is 0.597. The number of aromatic nitrogens is 1. The zero-order chi connectivity index (χ0) is 20.7. The van der Waals surface area contributed by atoms with Crippen LogP contribution in [0.4, 0.5) is 4.39 Å². The van der Waals surface area contributed by atoms with Crippen molar-refractivity contribution in [2.75, 3.05) is 13.7 Å². The van der Waals surface area contributed by atoms with Gasteiger partial charge in [-0.1, -0.05) is 18.2 Å². The number of aromatic amines is 1. The summed E-state index contributed by atoms with van der Waals surface area (Å²) in [6.45, 7) is 0.614. The van der Waals surface area contributed by atoms with Gasteiger partial charge in [0.25, 0.3) is 0 Å². The summed E-state index contributed by atoms with van der Waals surface area (Å²) in [7, 11) is 1.66. The van der Waals surface area contributed by atoms with E-state index in [2.05, 4.69) is 4.98 Å². The van der Waals surface area contributed by atoms with Crippen LogP contribution in [-0.2, 0) is 17.6 Å². The van der Waals surface area contributed by atoms with E-state index in [1.807, 2.05) is 40.6 Å². The minimum Gasteiger partial charge on any atom is -0.497 e. The molecule has 4 nitrogen and oxygen atoms in total. The predicted molar refractivity (Wildman–Crippen MR) is 117 cm³/mol. The fourth-order valence-electron chi connectivity index (χ4n) is 4.32. The lowest BCUT2D eigenvalue weighted by molar-refractivity contribution is -0.132. The molecule has 1 amide bonds. The number of methoxy groups -OCH3 is 1. The number of benzene rings is 2. The van der Waals surface area contributed by atoms with Crippen LogP contribution in [0.25, 0.3) is 10.9 Å². The van der Waals surface area contributed by atoms with Crippen LogP contribution in [0.15, 0.2) is 60.0 Å². The van der Waals surface area contributed by atoms with Gasteiger partial charge >= 0.3 is 0 Å². The molecule has 2 aromatic heterocycles. The summed E-state index contributed by atoms with van der Waals surface area (Å²) in [5.41, 5.74) is 4.10. The topological polar surface area (TPSA) is 45.3 Å². The molecule has 1 aliphatic heterocycles. The van der Waals surface area contributed by atoms with E-state index in [1.165, 1.54) is 17.7 Å². The normalized spacial score (nSPS) is 15.9. The van der Waals surface area contributed by atoms with Gasteiger partial charge in [0.15, 0.2) is 0 Å². The molecule has 152 valence electrons. The molecule has 0 fully saturated rings. The van der Waals surface area contributed by atoms with Crippen LogP contribution in [0.5, 0.6) is 5.75 Å². The van der Waals surface area contributed by atoms with E-state index in [0.29, 0.717) is 13.0 Å². The van der Waals surface area contributed by atoms with Gasteiger partial charge in [0, 0.05) is 28.0 Å². The Morgan fingerprint density at radius 2 is 2.07 bits per heavy atom. The first-order valence-electron chi connectivity index (χ1n) is 9.90. The number of hydrogen-bond donors (Lipinski definition) is 1. The highest BCUT2D eigenvalue weighted by atomic mass is 32.1. The molecule has 30 heavy (non-hydrogen) atoms. The van der Waals surface area contributed by atoms with E-state index in [-0.39, 0.29) is 17.8 Å². The standard InChI is InChI=1S/C24H21FN2O2S/c1-29-17-8-9-21-20(13-17)19-10-11-27(22(28)14-18-3-2-12-30-18)24(23(19)26-21)15-4-6-16(25)7-5-15/h2-9,12-13,24,26H,10-11,14H2,1H3/t24-/m1/s1. The molecule has 2 aromatic carbocycles. The molecule has 0 saturated heterocycles. The first-order chi connectivity index (χ1) is 14.6. The molecule has 1 atom stereocenters. The second-order valence-electron chi connectivity index (χ2n) is 7.48. The Morgan fingerprint density at radius 3 is 2.80 bits per heavy atom. The van der Waals surface area contributed by atoms with Crippen molar-refractivity contribution in [1.82, 2.24) is 9.88 Å². The Labute approximate surface area is 177 Å². The van der Waals surface area contributed by atoms with Crippen LogP contribution in [0.1, 0.15) is 27.7 Å². The third-order valence-corrected chi connectivity index (χ3v) is 6.62. The molecule has 0 radical (unpaired) electrons. The molecule has 4 aromatic rings. The third kappa shape index (κ3) is 3.27. The maximum absolute atomic E-state index is 13.6. The van der Waals surface area contributed by atoms with Gasteiger partial charge in [0.2, 0.25) is 5.91 Å². The van der Waals surface area contributed by atoms with Gasteiger partial charge in [0.05, 0.1) is 19.6 Å². The van der Waals surface area contributed by atoms with Crippen molar-refractivity contribution in [2.45, 2.75) is 18.9 Å². The van der Waals surface area contributed by atoms with Gasteiger partial charge in [-0.2, -0.15) is 0 Å². The minimum absolute atomic E-state index is 0.0775. The van der Waals surface area contributed by atoms with Gasteiger partial charge in [0.1, 0.15) is 11.6 Å². The molecule has 0 aliphatic carbocycles. The average molecular weight is 421 g/mol. The Kier molecular flexibility index (Phi) is 4.79. The molecule has 0 bridgehead atoms. The van der Waals surface area contributed by atoms with Crippen LogP contribution in [-0.4, -0.2) is 29.4 Å². The Morgan fingerprint density at radius 1 is 1.23 bits per heavy atom. The van der Waals surface area contributed by atoms with Gasteiger partial charge in [-0.15, -0.1) is 11.3 Å². The minimum atomic E-state index is -0.285. The number of nitrogens with zero attached hydrogens (tertiary/aromatic N) is 1. The number of rotatable bonds is 4. The van der Waals surface area contributed by atoms with Crippen LogP contribution < -0.4 is 4.74 Å². The lowest BCUT2D eigenvalue weighted by atomic mass is 9.92. The summed E-state index contributed by atoms with van der Waals surface area (Å²) < 4.78 is 19.0. The maximum atomic E-state index is 13.6. The zero-order valence-corrected chi connectivity index (χ0v) is 17.3. The molecule has 1 N–H and O–H groups in total. The Bertz CT molecular complexity index is 1200. The predicted octanol–water partition coefficient (Wildman–Crippen LogP) is 5.09. The monoisotopic (exact) mass is 420 g/mol. The molecule has 1 aliphatic rings. The van der Waals surface area contributed by atoms with Crippen molar-refractivity contribution in [3.05, 3.63) is 87.5 Å². The van der Waals surface area contributed by atoms with E-state index in [0.717, 1.165) is 39.2 Å². The van der Waals surface area contributed by atoms with Crippen molar-refractivity contribution in [2.24, 2.45) is 0 Å². The number of nitrogens with one attached hydrogen (secondary N) is 1. The molecular weight excluding hydrogens is 399 g/mol. The second-order valence-corrected chi connectivity index (χ2v) is 8.51. The number of amides is 1. The lowest BCUT2D eigenvalue weighted by Crippen LogP contribution is -2.41. The third-order valence-electron chi connectivity index (χ3n) is 5.75. The van der Waals surface area contributed by atoms with Gasteiger partial charge in [-0.3, -0.25) is 4.79 Å². The number of H-pyrrole nitrogens is 1. The summed E-state index contributed by atoms with van der Waals surface area (Å²) in [5, 5.41) is 3.10. The smallest absolute Gasteiger partial charge is 0.228 e. The lowest BCUT2D eigenvalue weighted by Gasteiger charge is -2.36. The van der Waals surface area contributed by atoms with Gasteiger partial charge < -0.3 is 14.6 Å². The maximum Gasteiger partial charge on any atom is 0.228 e. The molecule has 6 heteroatoms. The first-order valence-corrected chi connectivity index (χ1v) is 10.8. The Balaban J connectivity index is 1.61. The molecule has 0 saturated carbocycles. The molecular formula is C24H21FN2O2S. The number of ether oxygens (including phenoxy) is 1. The first kappa shape index (κ1) is 18.9. The van der Waals surface area contributed by atoms with Crippen molar-refractivity contribution in [3.63, 3.8) is 0 Å². The highest BCUT2D eigenvalue weighted by Crippen LogP contribution is 2.39. The summed E-state index contributed by atoms with van der Waals surface area (Å²) in [4.78, 5) is 19.8. The van der Waals surface area contributed by atoms with Crippen LogP contribution in [0.3, 0.4) is 0 Å². The summed E-state index contributed by atoms with van der Waals surface area (Å²) in [6, 6.07) is 16.1. The summed E-state index contributed by atoms with van der Waals surface area (Å²) >= 11 is 1.59. The van der Waals surface area contributed by atoms with Crippen LogP contribution in [0, 0.1) is 5.82 Å². The largest absolute Gasteiger partial charge is 0.497 e. The number of halogens is 1. The zero-order valence-electron chi connectivity index (χ0n) is 16.5. The fourth-order valence-corrected chi connectivity index (χ4v) is 5.01. The van der Waals surface area contributed by atoms with Crippen molar-refractivity contribution in [3.8, 4) is 5.75 Å². The van der Waals surface area contributed by atoms with Crippen molar-refractivity contribution >= 4 is 28.1 Å². The van der Waals surface area contributed by atoms with Crippen LogP contribution in [0.2, 0.25) is 0 Å². The van der Waals surface area contributed by atoms with E-state index in [4.69, 9.17) is 4.74 Å². The highest BCUT2D eigenvalue weighted by molar-refractivity contribution is 7.10. The van der Waals surface area contributed by atoms with Crippen molar-refractivity contribution in [1.29, 1.82) is 0 Å². The van der Waals surface area contributed by atoms with E-state index < -0.39 is 0 Å². The number of thiophene rings is 1. The number of carbonyl (C=O) groups excluding carboxylic acids is 1. The Hall–Kier alpha value is -3.12. The van der Waals surface area contributed by atoms with E-state index >= 15 is 0 Å². The second kappa shape index (κ2) is 7.61. The summed E-state index contributed by atoms with van der Waals surface area (Å²) in [6.07, 6.45) is 1.13. The quantitative estimate of drug-likeness (QED) is 0.500. The fraction of sp³-hybridized carbons (Fsp3) is 0.208. The highest BCUT2D eigenvalue weighted by Gasteiger charge is 2.34. The van der Waals surface area contributed by atoms with Crippen molar-refractivity contribution < 1.29 is 13.9 Å². The van der Waals surface area contributed by atoms with E-state index in [9.17, 15) is 9.18 Å². The average Bonchev–Trinajstić information content (AvgIpc) is 3.40. The van der Waals surface area contributed by atoms with Gasteiger partial charge in [-0.25, -0.2) is 4.39 Å². The van der Waals surface area contributed by atoms with Crippen LogP contribution >= 0.6 is 11.3 Å². The SMILES string of the molecule is COc1ccc2[nH]c3c(c2c1)CCN(C(=O)Cc1cccs1)[C@@H]3c1ccc(F)cc1. The molecule has 5 rings (SSSR count). The number of carbonyl (C=O) groups is 1. The molecule has 0 unspecified atom stereocenters. The molecule has 3 heterocycles. The van der Waals surface area contributed by atoms with Gasteiger partial charge in [-0.05, 0) is 59.3 Å².